The Morgan fingerprint density at radius 3 is 3.24 bits per heavy atom. The van der Waals surface area contributed by atoms with Gasteiger partial charge in [-0.05, 0) is 6.07 Å². The Bertz CT molecular complexity index is 472. The van der Waals surface area contributed by atoms with E-state index in [9.17, 15) is 9.18 Å². The zero-order chi connectivity index (χ0) is 12.3. The second-order valence-corrected chi connectivity index (χ2v) is 3.57. The molecule has 1 aromatic heterocycles. The van der Waals surface area contributed by atoms with Crippen molar-refractivity contribution in [3.05, 3.63) is 29.8 Å². The summed E-state index contributed by atoms with van der Waals surface area (Å²) in [5.41, 5.74) is 5.39. The Morgan fingerprint density at radius 1 is 1.71 bits per heavy atom. The summed E-state index contributed by atoms with van der Waals surface area (Å²) in [6, 6.07) is 3.33. The molecule has 3 N–H and O–H groups in total. The number of pyridine rings is 1. The predicted molar refractivity (Wildman–Crippen MR) is 55.7 cm³/mol. The average Bonchev–Trinajstić information content (AvgIpc) is 2.76. The van der Waals surface area contributed by atoms with Crippen molar-refractivity contribution in [1.29, 1.82) is 5.26 Å². The normalized spacial score (nSPS) is 23.1. The van der Waals surface area contributed by atoms with Crippen LogP contribution in [0.3, 0.4) is 0 Å². The van der Waals surface area contributed by atoms with Crippen molar-refractivity contribution >= 4 is 5.91 Å². The number of hydrogen-bond acceptors (Lipinski definition) is 5. The van der Waals surface area contributed by atoms with Gasteiger partial charge in [0.1, 0.15) is 6.17 Å². The molecule has 7 heteroatoms. The van der Waals surface area contributed by atoms with Crippen LogP contribution in [0.25, 0.3) is 0 Å². The van der Waals surface area contributed by atoms with Crippen LogP contribution in [0.5, 0.6) is 0 Å². The summed E-state index contributed by atoms with van der Waals surface area (Å²) in [5, 5.41) is 11.3. The van der Waals surface area contributed by atoms with E-state index in [-0.39, 0.29) is 11.5 Å². The molecule has 17 heavy (non-hydrogen) atoms. The number of halogens is 1. The fourth-order valence-corrected chi connectivity index (χ4v) is 1.53. The Hall–Kier alpha value is -2.04. The maximum Gasteiger partial charge on any atom is 0.255 e. The molecule has 1 amide bonds. The first-order chi connectivity index (χ1) is 8.22. The number of nitrogens with zero attached hydrogens (tertiary/aromatic N) is 2. The SMILES string of the molecule is N#CC1CNNC1NC(=O)c1ccncc1F. The van der Waals surface area contributed by atoms with Crippen molar-refractivity contribution in [1.82, 2.24) is 21.2 Å². The lowest BCUT2D eigenvalue weighted by Crippen LogP contribution is -2.46. The fraction of sp³-hybridized carbons (Fsp3) is 0.300. The molecule has 88 valence electrons. The van der Waals surface area contributed by atoms with Gasteiger partial charge in [-0.15, -0.1) is 0 Å². The molecule has 1 fully saturated rings. The fourth-order valence-electron chi connectivity index (χ4n) is 1.53. The van der Waals surface area contributed by atoms with Gasteiger partial charge >= 0.3 is 0 Å². The van der Waals surface area contributed by atoms with E-state index in [1.807, 2.05) is 6.07 Å². The van der Waals surface area contributed by atoms with Gasteiger partial charge in [-0.25, -0.2) is 9.82 Å². The minimum atomic E-state index is -0.690. The molecule has 1 aromatic rings. The van der Waals surface area contributed by atoms with E-state index in [1.54, 1.807) is 0 Å². The highest BCUT2D eigenvalue weighted by molar-refractivity contribution is 5.94. The van der Waals surface area contributed by atoms with Gasteiger partial charge in [0.2, 0.25) is 0 Å². The maximum absolute atomic E-state index is 13.3. The van der Waals surface area contributed by atoms with Crippen LogP contribution in [0.15, 0.2) is 18.5 Å². The monoisotopic (exact) mass is 235 g/mol. The van der Waals surface area contributed by atoms with Gasteiger partial charge < -0.3 is 5.32 Å². The van der Waals surface area contributed by atoms with Gasteiger partial charge in [-0.1, -0.05) is 0 Å². The third kappa shape index (κ3) is 2.38. The Kier molecular flexibility index (Phi) is 3.27. The lowest BCUT2D eigenvalue weighted by molar-refractivity contribution is 0.0923. The quantitative estimate of drug-likeness (QED) is 0.644. The van der Waals surface area contributed by atoms with Crippen LogP contribution >= 0.6 is 0 Å². The first-order valence-electron chi connectivity index (χ1n) is 5.00. The second kappa shape index (κ2) is 4.86. The number of aromatic nitrogens is 1. The number of carbonyl (C=O) groups excluding carboxylic acids is 1. The molecule has 1 saturated heterocycles. The summed E-state index contributed by atoms with van der Waals surface area (Å²) in [4.78, 5) is 15.3. The zero-order valence-electron chi connectivity index (χ0n) is 8.77. The van der Waals surface area contributed by atoms with E-state index in [0.29, 0.717) is 6.54 Å². The van der Waals surface area contributed by atoms with Crippen molar-refractivity contribution in [2.45, 2.75) is 6.17 Å². The largest absolute Gasteiger partial charge is 0.334 e. The summed E-state index contributed by atoms with van der Waals surface area (Å²) in [6.07, 6.45) is 1.77. The first kappa shape index (κ1) is 11.4. The number of hydrazine groups is 1. The molecule has 2 rings (SSSR count). The lowest BCUT2D eigenvalue weighted by Gasteiger charge is -2.14. The summed E-state index contributed by atoms with van der Waals surface area (Å²) < 4.78 is 13.3. The highest BCUT2D eigenvalue weighted by Gasteiger charge is 2.28. The molecule has 0 aliphatic carbocycles. The second-order valence-electron chi connectivity index (χ2n) is 3.57. The summed E-state index contributed by atoms with van der Waals surface area (Å²) in [7, 11) is 0. The highest BCUT2D eigenvalue weighted by atomic mass is 19.1. The summed E-state index contributed by atoms with van der Waals surface area (Å²) >= 11 is 0. The van der Waals surface area contributed by atoms with Gasteiger partial charge in [0.15, 0.2) is 5.82 Å². The van der Waals surface area contributed by atoms with Crippen LogP contribution in [0.4, 0.5) is 4.39 Å². The van der Waals surface area contributed by atoms with Gasteiger partial charge in [0, 0.05) is 12.7 Å². The van der Waals surface area contributed by atoms with Gasteiger partial charge in [-0.3, -0.25) is 15.2 Å². The molecular formula is C10H10FN5O. The van der Waals surface area contributed by atoms with Crippen LogP contribution < -0.4 is 16.2 Å². The molecule has 0 radical (unpaired) electrons. The molecule has 0 spiro atoms. The first-order valence-corrected chi connectivity index (χ1v) is 5.00. The topological polar surface area (TPSA) is 89.8 Å². The summed E-state index contributed by atoms with van der Waals surface area (Å²) in [6.45, 7) is 0.431. The van der Waals surface area contributed by atoms with Crippen molar-refractivity contribution in [3.63, 3.8) is 0 Å². The maximum atomic E-state index is 13.3. The third-order valence-corrected chi connectivity index (χ3v) is 2.45. The third-order valence-electron chi connectivity index (χ3n) is 2.45. The minimum absolute atomic E-state index is 0.0922. The van der Waals surface area contributed by atoms with Crippen molar-refractivity contribution < 1.29 is 9.18 Å². The Morgan fingerprint density at radius 2 is 2.53 bits per heavy atom. The average molecular weight is 235 g/mol. The molecule has 2 atom stereocenters. The molecule has 1 aliphatic heterocycles. The van der Waals surface area contributed by atoms with E-state index in [4.69, 9.17) is 5.26 Å². The summed E-state index contributed by atoms with van der Waals surface area (Å²) in [5.74, 6) is -1.65. The number of amides is 1. The number of nitrogens with one attached hydrogen (secondary N) is 3. The minimum Gasteiger partial charge on any atom is -0.334 e. The molecule has 0 aromatic carbocycles. The molecule has 0 saturated carbocycles. The van der Waals surface area contributed by atoms with E-state index in [1.165, 1.54) is 12.3 Å². The standard InChI is InChI=1S/C10H10FN5O/c11-8-5-13-2-1-7(8)10(17)15-9-6(3-12)4-14-16-9/h1-2,5-6,9,14,16H,4H2,(H,15,17). The van der Waals surface area contributed by atoms with E-state index in [0.717, 1.165) is 6.20 Å². The van der Waals surface area contributed by atoms with Crippen LogP contribution in [-0.2, 0) is 0 Å². The molecule has 2 heterocycles. The van der Waals surface area contributed by atoms with Crippen molar-refractivity contribution in [3.8, 4) is 6.07 Å². The molecule has 1 aliphatic rings. The number of rotatable bonds is 2. The molecule has 6 nitrogen and oxygen atoms in total. The van der Waals surface area contributed by atoms with E-state index in [2.05, 4.69) is 21.2 Å². The van der Waals surface area contributed by atoms with E-state index < -0.39 is 17.9 Å². The Balaban J connectivity index is 2.08. The lowest BCUT2D eigenvalue weighted by atomic mass is 10.1. The van der Waals surface area contributed by atoms with Crippen LogP contribution in [0.1, 0.15) is 10.4 Å². The van der Waals surface area contributed by atoms with Crippen LogP contribution in [-0.4, -0.2) is 23.6 Å². The highest BCUT2D eigenvalue weighted by Crippen LogP contribution is 2.07. The van der Waals surface area contributed by atoms with Crippen LogP contribution in [0, 0.1) is 23.1 Å². The molecule has 0 bridgehead atoms. The Labute approximate surface area is 96.8 Å². The van der Waals surface area contributed by atoms with Crippen LogP contribution in [0.2, 0.25) is 0 Å². The van der Waals surface area contributed by atoms with Crippen molar-refractivity contribution in [2.24, 2.45) is 5.92 Å². The smallest absolute Gasteiger partial charge is 0.255 e. The zero-order valence-corrected chi connectivity index (χ0v) is 8.77. The predicted octanol–water partition coefficient (Wildman–Crippen LogP) is -0.476. The number of hydrogen-bond donors (Lipinski definition) is 3. The number of carbonyl (C=O) groups is 1. The van der Waals surface area contributed by atoms with Gasteiger partial charge in [0.05, 0.1) is 23.7 Å². The van der Waals surface area contributed by atoms with Gasteiger partial charge in [-0.2, -0.15) is 5.26 Å². The molecule has 2 unspecified atom stereocenters. The van der Waals surface area contributed by atoms with E-state index >= 15 is 0 Å². The van der Waals surface area contributed by atoms with Crippen molar-refractivity contribution in [2.75, 3.05) is 6.54 Å². The molecular weight excluding hydrogens is 225 g/mol. The van der Waals surface area contributed by atoms with Gasteiger partial charge in [0.25, 0.3) is 5.91 Å². The number of nitriles is 1.